The molecule has 1 fully saturated rings. The molecule has 0 spiro atoms. The van der Waals surface area contributed by atoms with Crippen molar-refractivity contribution >= 4 is 0 Å². The van der Waals surface area contributed by atoms with Crippen LogP contribution in [0.1, 0.15) is 24.0 Å². The van der Waals surface area contributed by atoms with Crippen LogP contribution in [0.5, 0.6) is 0 Å². The van der Waals surface area contributed by atoms with E-state index in [1.165, 1.54) is 30.4 Å². The van der Waals surface area contributed by atoms with Crippen molar-refractivity contribution in [3.05, 3.63) is 35.4 Å². The maximum absolute atomic E-state index is 5.36. The molecule has 1 saturated heterocycles. The molecule has 0 N–H and O–H groups in total. The Morgan fingerprint density at radius 3 is 2.79 bits per heavy atom. The van der Waals surface area contributed by atoms with Crippen LogP contribution in [-0.2, 0) is 11.2 Å². The number of hydrogen-bond acceptors (Lipinski definition) is 1. The Labute approximate surface area is 86.1 Å². The molecule has 0 bridgehead atoms. The van der Waals surface area contributed by atoms with Crippen LogP contribution in [0.15, 0.2) is 24.3 Å². The van der Waals surface area contributed by atoms with Crippen LogP contribution in [0, 0.1) is 12.8 Å². The molecule has 2 rings (SSSR count). The third-order valence-corrected chi connectivity index (χ3v) is 2.95. The van der Waals surface area contributed by atoms with Crippen LogP contribution in [0.25, 0.3) is 0 Å². The van der Waals surface area contributed by atoms with Gasteiger partial charge in [-0.05, 0) is 37.7 Å². The smallest absolute Gasteiger partial charge is 0.0468 e. The molecule has 1 nitrogen and oxygen atoms in total. The molecule has 14 heavy (non-hydrogen) atoms. The van der Waals surface area contributed by atoms with Gasteiger partial charge in [-0.25, -0.2) is 0 Å². The summed E-state index contributed by atoms with van der Waals surface area (Å²) in [5.41, 5.74) is 2.85. The first-order valence-electron chi connectivity index (χ1n) is 5.48. The number of aryl methyl sites for hydroxylation is 1. The van der Waals surface area contributed by atoms with Crippen molar-refractivity contribution in [2.75, 3.05) is 13.2 Å². The Hall–Kier alpha value is -0.820. The topological polar surface area (TPSA) is 9.23 Å². The van der Waals surface area contributed by atoms with Gasteiger partial charge in [-0.15, -0.1) is 0 Å². The highest BCUT2D eigenvalue weighted by atomic mass is 16.5. The molecule has 0 amide bonds. The van der Waals surface area contributed by atoms with E-state index in [-0.39, 0.29) is 0 Å². The zero-order chi connectivity index (χ0) is 9.80. The van der Waals surface area contributed by atoms with E-state index < -0.39 is 0 Å². The molecule has 0 aliphatic carbocycles. The maximum Gasteiger partial charge on any atom is 0.0468 e. The number of hydrogen-bond donors (Lipinski definition) is 0. The van der Waals surface area contributed by atoms with Crippen molar-refractivity contribution in [3.63, 3.8) is 0 Å². The first kappa shape index (κ1) is 9.72. The van der Waals surface area contributed by atoms with E-state index in [4.69, 9.17) is 4.74 Å². The fraction of sp³-hybridized carbons (Fsp3) is 0.538. The van der Waals surface area contributed by atoms with E-state index in [0.717, 1.165) is 19.1 Å². The largest absolute Gasteiger partial charge is 0.381 e. The highest BCUT2D eigenvalue weighted by Crippen LogP contribution is 2.20. The van der Waals surface area contributed by atoms with E-state index in [1.807, 2.05) is 0 Å². The lowest BCUT2D eigenvalue weighted by atomic mass is 9.92. The monoisotopic (exact) mass is 190 g/mol. The second-order valence-corrected chi connectivity index (χ2v) is 4.25. The lowest BCUT2D eigenvalue weighted by molar-refractivity contribution is 0.0665. The van der Waals surface area contributed by atoms with Crippen LogP contribution >= 0.6 is 0 Å². The summed E-state index contributed by atoms with van der Waals surface area (Å²) in [4.78, 5) is 0. The van der Waals surface area contributed by atoms with Crippen molar-refractivity contribution < 1.29 is 4.74 Å². The van der Waals surface area contributed by atoms with Crippen molar-refractivity contribution in [1.29, 1.82) is 0 Å². The number of rotatable bonds is 2. The quantitative estimate of drug-likeness (QED) is 0.696. The Morgan fingerprint density at radius 1 is 1.29 bits per heavy atom. The molecule has 1 aliphatic heterocycles. The van der Waals surface area contributed by atoms with Gasteiger partial charge >= 0.3 is 0 Å². The average molecular weight is 190 g/mol. The van der Waals surface area contributed by atoms with Gasteiger partial charge in [0.2, 0.25) is 0 Å². The molecule has 0 atom stereocenters. The summed E-state index contributed by atoms with van der Waals surface area (Å²) in [7, 11) is 0. The molecule has 1 aliphatic rings. The van der Waals surface area contributed by atoms with E-state index in [0.29, 0.717) is 0 Å². The van der Waals surface area contributed by atoms with Crippen LogP contribution in [0.4, 0.5) is 0 Å². The second-order valence-electron chi connectivity index (χ2n) is 4.25. The fourth-order valence-corrected chi connectivity index (χ4v) is 2.12. The molecule has 1 heteroatoms. The average Bonchev–Trinajstić information content (AvgIpc) is 2.19. The van der Waals surface area contributed by atoms with Gasteiger partial charge < -0.3 is 4.74 Å². The Morgan fingerprint density at radius 2 is 2.07 bits per heavy atom. The van der Waals surface area contributed by atoms with E-state index >= 15 is 0 Å². The molecule has 76 valence electrons. The van der Waals surface area contributed by atoms with Crippen LogP contribution < -0.4 is 0 Å². The van der Waals surface area contributed by atoms with Gasteiger partial charge in [-0.1, -0.05) is 29.8 Å². The van der Waals surface area contributed by atoms with Crippen molar-refractivity contribution in [2.24, 2.45) is 5.92 Å². The SMILES string of the molecule is Cc1cccc(CC2CCOCC2)c1. The predicted molar refractivity (Wildman–Crippen MR) is 58.4 cm³/mol. The maximum atomic E-state index is 5.36. The third kappa shape index (κ3) is 2.58. The van der Waals surface area contributed by atoms with Gasteiger partial charge in [-0.3, -0.25) is 0 Å². The van der Waals surface area contributed by atoms with Crippen molar-refractivity contribution in [3.8, 4) is 0 Å². The molecule has 0 radical (unpaired) electrons. The predicted octanol–water partition coefficient (Wildman–Crippen LogP) is 2.96. The molecular formula is C13H18O. The van der Waals surface area contributed by atoms with E-state index in [9.17, 15) is 0 Å². The summed E-state index contributed by atoms with van der Waals surface area (Å²) in [5, 5.41) is 0. The molecule has 1 aromatic rings. The lowest BCUT2D eigenvalue weighted by Crippen LogP contribution is -2.17. The normalized spacial score (nSPS) is 18.4. The Kier molecular flexibility index (Phi) is 3.20. The minimum Gasteiger partial charge on any atom is -0.381 e. The summed E-state index contributed by atoms with van der Waals surface area (Å²) >= 11 is 0. The molecule has 0 saturated carbocycles. The van der Waals surface area contributed by atoms with E-state index in [2.05, 4.69) is 31.2 Å². The second kappa shape index (κ2) is 4.61. The molecule has 1 heterocycles. The molecule has 0 unspecified atom stereocenters. The van der Waals surface area contributed by atoms with Gasteiger partial charge in [0.05, 0.1) is 0 Å². The Bertz CT molecular complexity index is 287. The van der Waals surface area contributed by atoms with E-state index in [1.54, 1.807) is 0 Å². The minimum atomic E-state index is 0.838. The Balaban J connectivity index is 1.95. The lowest BCUT2D eigenvalue weighted by Gasteiger charge is -2.22. The zero-order valence-corrected chi connectivity index (χ0v) is 8.83. The summed E-state index contributed by atoms with van der Waals surface area (Å²) in [6.07, 6.45) is 3.69. The summed E-state index contributed by atoms with van der Waals surface area (Å²) in [6.45, 7) is 4.07. The minimum absolute atomic E-state index is 0.838. The first-order chi connectivity index (χ1) is 6.84. The van der Waals surface area contributed by atoms with Gasteiger partial charge in [0.25, 0.3) is 0 Å². The first-order valence-corrected chi connectivity index (χ1v) is 5.48. The summed E-state index contributed by atoms with van der Waals surface area (Å²) in [6, 6.07) is 8.86. The highest BCUT2D eigenvalue weighted by molar-refractivity contribution is 5.22. The van der Waals surface area contributed by atoms with Gasteiger partial charge in [-0.2, -0.15) is 0 Å². The summed E-state index contributed by atoms with van der Waals surface area (Å²) < 4.78 is 5.36. The number of benzene rings is 1. The number of ether oxygens (including phenoxy) is 1. The molecular weight excluding hydrogens is 172 g/mol. The summed E-state index contributed by atoms with van der Waals surface area (Å²) in [5.74, 6) is 0.838. The van der Waals surface area contributed by atoms with Gasteiger partial charge in [0.1, 0.15) is 0 Å². The fourth-order valence-electron chi connectivity index (χ4n) is 2.12. The van der Waals surface area contributed by atoms with Gasteiger partial charge in [0, 0.05) is 13.2 Å². The molecule has 1 aromatic carbocycles. The van der Waals surface area contributed by atoms with Gasteiger partial charge in [0.15, 0.2) is 0 Å². The van der Waals surface area contributed by atoms with Crippen molar-refractivity contribution in [1.82, 2.24) is 0 Å². The standard InChI is InChI=1S/C13H18O/c1-11-3-2-4-13(9-11)10-12-5-7-14-8-6-12/h2-4,9,12H,5-8,10H2,1H3. The van der Waals surface area contributed by atoms with Crippen LogP contribution in [-0.4, -0.2) is 13.2 Å². The highest BCUT2D eigenvalue weighted by Gasteiger charge is 2.13. The van der Waals surface area contributed by atoms with Crippen molar-refractivity contribution in [2.45, 2.75) is 26.2 Å². The zero-order valence-electron chi connectivity index (χ0n) is 8.83. The van der Waals surface area contributed by atoms with Crippen LogP contribution in [0.2, 0.25) is 0 Å². The molecule has 0 aromatic heterocycles. The third-order valence-electron chi connectivity index (χ3n) is 2.95. The van der Waals surface area contributed by atoms with Crippen LogP contribution in [0.3, 0.4) is 0 Å².